The summed E-state index contributed by atoms with van der Waals surface area (Å²) in [6.45, 7) is 3.57. The van der Waals surface area contributed by atoms with Crippen LogP contribution in [0, 0.1) is 10.1 Å². The number of esters is 1. The molecule has 2 aromatic heterocycles. The van der Waals surface area contributed by atoms with E-state index in [0.29, 0.717) is 31.4 Å². The minimum absolute atomic E-state index is 0.167. The number of benzene rings is 2. The van der Waals surface area contributed by atoms with E-state index in [2.05, 4.69) is 4.99 Å². The van der Waals surface area contributed by atoms with Gasteiger partial charge in [-0.2, -0.15) is 0 Å². The number of aromatic nitrogens is 1. The van der Waals surface area contributed by atoms with Gasteiger partial charge in [-0.25, -0.2) is 9.79 Å². The Bertz CT molecular complexity index is 1840. The molecule has 5 rings (SSSR count). The Morgan fingerprint density at radius 3 is 2.59 bits per heavy atom. The number of fused-ring (bicyclic) bond motifs is 1. The van der Waals surface area contributed by atoms with Crippen LogP contribution in [0.25, 0.3) is 17.4 Å². The molecule has 1 aliphatic heterocycles. The maximum atomic E-state index is 13.7. The number of hydrogen-bond acceptors (Lipinski definition) is 8. The Morgan fingerprint density at radius 1 is 1.18 bits per heavy atom. The molecule has 1 atom stereocenters. The molecule has 0 bridgehead atoms. The van der Waals surface area contributed by atoms with Gasteiger partial charge in [-0.1, -0.05) is 46.7 Å². The lowest BCUT2D eigenvalue weighted by atomic mass is 9.96. The van der Waals surface area contributed by atoms with Crippen LogP contribution in [0.4, 0.5) is 5.69 Å². The molecular formula is C27H19Cl2N3O6S. The number of thiazole rings is 1. The summed E-state index contributed by atoms with van der Waals surface area (Å²) in [5, 5.41) is 12.3. The number of hydrogen-bond donors (Lipinski definition) is 0. The van der Waals surface area contributed by atoms with E-state index in [1.807, 2.05) is 0 Å². The molecule has 198 valence electrons. The lowest BCUT2D eigenvalue weighted by molar-refractivity contribution is -0.384. The van der Waals surface area contributed by atoms with Crippen molar-refractivity contribution in [2.45, 2.75) is 19.9 Å². The number of nitro benzene ring substituents is 1. The lowest BCUT2D eigenvalue weighted by Crippen LogP contribution is -2.39. The highest BCUT2D eigenvalue weighted by Gasteiger charge is 2.33. The second-order valence-corrected chi connectivity index (χ2v) is 10.4. The molecule has 0 spiro atoms. The number of carbonyl (C=O) groups excluding carboxylic acids is 1. The first-order valence-electron chi connectivity index (χ1n) is 11.7. The monoisotopic (exact) mass is 583 g/mol. The van der Waals surface area contributed by atoms with E-state index in [-0.39, 0.29) is 39.8 Å². The van der Waals surface area contributed by atoms with Crippen LogP contribution in [0.5, 0.6) is 0 Å². The zero-order chi connectivity index (χ0) is 27.8. The van der Waals surface area contributed by atoms with Crippen LogP contribution >= 0.6 is 34.5 Å². The molecule has 0 unspecified atom stereocenters. The Labute approximate surface area is 235 Å². The van der Waals surface area contributed by atoms with Crippen LogP contribution in [0.3, 0.4) is 0 Å². The van der Waals surface area contributed by atoms with Crippen LogP contribution in [-0.2, 0) is 9.53 Å². The van der Waals surface area contributed by atoms with E-state index in [0.717, 1.165) is 11.3 Å². The minimum atomic E-state index is -0.774. The summed E-state index contributed by atoms with van der Waals surface area (Å²) < 4.78 is 12.9. The maximum absolute atomic E-state index is 13.7. The molecule has 1 aliphatic rings. The number of nitrogens with zero attached hydrogens (tertiary/aromatic N) is 3. The molecule has 12 heteroatoms. The molecule has 0 N–H and O–H groups in total. The van der Waals surface area contributed by atoms with Crippen molar-refractivity contribution in [3.8, 4) is 11.3 Å². The number of halogens is 2. The van der Waals surface area contributed by atoms with Gasteiger partial charge in [-0.05, 0) is 55.8 Å². The normalized spacial score (nSPS) is 15.2. The fourth-order valence-corrected chi connectivity index (χ4v) is 5.64. The van der Waals surface area contributed by atoms with Crippen molar-refractivity contribution in [3.05, 3.63) is 117 Å². The summed E-state index contributed by atoms with van der Waals surface area (Å²) in [7, 11) is 0. The molecule has 0 amide bonds. The number of ether oxygens (including phenoxy) is 1. The largest absolute Gasteiger partial charge is 0.463 e. The van der Waals surface area contributed by atoms with Gasteiger partial charge in [-0.15, -0.1) is 0 Å². The van der Waals surface area contributed by atoms with E-state index < -0.39 is 16.9 Å². The van der Waals surface area contributed by atoms with Crippen LogP contribution in [0.15, 0.2) is 80.1 Å². The van der Waals surface area contributed by atoms with Crippen LogP contribution in [0.1, 0.15) is 31.2 Å². The fraction of sp³-hybridized carbons (Fsp3) is 0.148. The van der Waals surface area contributed by atoms with E-state index >= 15 is 0 Å². The Hall–Kier alpha value is -3.99. The summed E-state index contributed by atoms with van der Waals surface area (Å²) in [6.07, 6.45) is 1.54. The molecule has 2 aromatic carbocycles. The SMILES string of the molecule is CCOC(=O)C1=C(C)N=c2s/c(=C\c3ccc(-c4ccc(Cl)cc4[N+](=O)[O-])o3)c(=O)n2[C@@H]1c1ccc(Cl)cc1. The highest BCUT2D eigenvalue weighted by molar-refractivity contribution is 7.07. The molecule has 39 heavy (non-hydrogen) atoms. The molecule has 0 fully saturated rings. The molecule has 3 heterocycles. The number of carbonyl (C=O) groups is 1. The van der Waals surface area contributed by atoms with Crippen molar-refractivity contribution in [1.29, 1.82) is 0 Å². The van der Waals surface area contributed by atoms with E-state index in [4.69, 9.17) is 32.4 Å². The molecule has 0 aliphatic carbocycles. The van der Waals surface area contributed by atoms with Crippen molar-refractivity contribution in [2.75, 3.05) is 6.61 Å². The second kappa shape index (κ2) is 10.6. The minimum Gasteiger partial charge on any atom is -0.463 e. The zero-order valence-corrected chi connectivity index (χ0v) is 22.8. The van der Waals surface area contributed by atoms with Gasteiger partial charge in [0.05, 0.1) is 38.9 Å². The maximum Gasteiger partial charge on any atom is 0.338 e. The summed E-state index contributed by atoms with van der Waals surface area (Å²) in [5.41, 5.74) is 1.03. The van der Waals surface area contributed by atoms with Crippen molar-refractivity contribution < 1.29 is 18.9 Å². The third-order valence-corrected chi connectivity index (χ3v) is 7.49. The molecular weight excluding hydrogens is 565 g/mol. The number of allylic oxidation sites excluding steroid dienone is 1. The van der Waals surface area contributed by atoms with E-state index in [9.17, 15) is 19.7 Å². The van der Waals surface area contributed by atoms with Gasteiger partial charge in [0.25, 0.3) is 11.2 Å². The Kier molecular flexibility index (Phi) is 7.26. The van der Waals surface area contributed by atoms with Crippen LogP contribution in [-0.4, -0.2) is 22.1 Å². The van der Waals surface area contributed by atoms with E-state index in [1.165, 1.54) is 28.8 Å². The first kappa shape index (κ1) is 26.6. The predicted octanol–water partition coefficient (Wildman–Crippen LogP) is 5.27. The highest BCUT2D eigenvalue weighted by Crippen LogP contribution is 2.34. The lowest BCUT2D eigenvalue weighted by Gasteiger charge is -2.24. The number of nitro groups is 1. The molecule has 9 nitrogen and oxygen atoms in total. The van der Waals surface area contributed by atoms with Gasteiger partial charge >= 0.3 is 5.97 Å². The average molecular weight is 584 g/mol. The summed E-state index contributed by atoms with van der Waals surface area (Å²) >= 11 is 13.1. The van der Waals surface area contributed by atoms with Crippen molar-refractivity contribution in [1.82, 2.24) is 4.57 Å². The van der Waals surface area contributed by atoms with Gasteiger partial charge < -0.3 is 9.15 Å². The van der Waals surface area contributed by atoms with Crippen molar-refractivity contribution in [2.24, 2.45) is 4.99 Å². The number of rotatable bonds is 6. The fourth-order valence-electron chi connectivity index (χ4n) is 4.32. The van der Waals surface area contributed by atoms with E-state index in [1.54, 1.807) is 50.2 Å². The summed E-state index contributed by atoms with van der Waals surface area (Å²) in [6, 6.07) is 13.6. The van der Waals surface area contributed by atoms with Crippen molar-refractivity contribution >= 4 is 52.3 Å². The molecule has 0 saturated heterocycles. The molecule has 0 saturated carbocycles. The highest BCUT2D eigenvalue weighted by atomic mass is 35.5. The molecule has 0 radical (unpaired) electrons. The first-order chi connectivity index (χ1) is 18.7. The van der Waals surface area contributed by atoms with Crippen LogP contribution in [0.2, 0.25) is 10.0 Å². The topological polar surface area (TPSA) is 117 Å². The third-order valence-electron chi connectivity index (χ3n) is 6.02. The Balaban J connectivity index is 1.63. The van der Waals surface area contributed by atoms with Gasteiger partial charge in [-0.3, -0.25) is 19.5 Å². The third kappa shape index (κ3) is 5.06. The first-order valence-corrected chi connectivity index (χ1v) is 13.2. The van der Waals surface area contributed by atoms with Gasteiger partial charge in [0, 0.05) is 22.2 Å². The van der Waals surface area contributed by atoms with Gasteiger partial charge in [0.2, 0.25) is 0 Å². The predicted molar refractivity (Wildman–Crippen MR) is 148 cm³/mol. The van der Waals surface area contributed by atoms with Gasteiger partial charge in [0.15, 0.2) is 4.80 Å². The standard InChI is InChI=1S/C27H19Cl2N3O6S/c1-3-37-26(34)23-14(2)30-27-31(24(23)15-4-6-16(28)7-5-15)25(33)22(39-27)13-18-9-11-21(38-18)19-10-8-17(29)12-20(19)32(35)36/h4-13,24H,3H2,1-2H3/b22-13-/t24-/m1/s1. The summed E-state index contributed by atoms with van der Waals surface area (Å²) in [4.78, 5) is 42.6. The quantitative estimate of drug-likeness (QED) is 0.173. The smallest absolute Gasteiger partial charge is 0.338 e. The van der Waals surface area contributed by atoms with Gasteiger partial charge in [0.1, 0.15) is 11.5 Å². The Morgan fingerprint density at radius 2 is 1.90 bits per heavy atom. The van der Waals surface area contributed by atoms with Crippen LogP contribution < -0.4 is 14.9 Å². The average Bonchev–Trinajstić information content (AvgIpc) is 3.48. The van der Waals surface area contributed by atoms with Crippen molar-refractivity contribution in [3.63, 3.8) is 0 Å². The zero-order valence-electron chi connectivity index (χ0n) is 20.5. The summed E-state index contributed by atoms with van der Waals surface area (Å²) in [5.74, 6) is -0.00558. The molecule has 4 aromatic rings. The number of furan rings is 1. The second-order valence-electron chi connectivity index (χ2n) is 8.47.